The molecule has 4 unspecified atom stereocenters. The molecule has 0 amide bonds. The van der Waals surface area contributed by atoms with Gasteiger partial charge < -0.3 is 20.7 Å². The molecule has 1 aliphatic carbocycles. The van der Waals surface area contributed by atoms with Crippen molar-refractivity contribution in [3.05, 3.63) is 51.5 Å². The lowest BCUT2D eigenvalue weighted by atomic mass is 9.83. The molecule has 0 bridgehead atoms. The van der Waals surface area contributed by atoms with Gasteiger partial charge in [0, 0.05) is 35.8 Å². The summed E-state index contributed by atoms with van der Waals surface area (Å²) in [6.07, 6.45) is 14.0. The quantitative estimate of drug-likeness (QED) is 0.221. The molecule has 264 valence electrons. The number of nitrogens with zero attached hydrogens (tertiary/aromatic N) is 4. The molecular formula is C38H58FN6OPS. The Morgan fingerprint density at radius 1 is 1.17 bits per heavy atom. The third-order valence-corrected chi connectivity index (χ3v) is 10.9. The lowest BCUT2D eigenvalue weighted by Crippen LogP contribution is -2.42. The molecule has 3 N–H and O–H groups in total. The van der Waals surface area contributed by atoms with E-state index in [0.29, 0.717) is 39.9 Å². The first-order chi connectivity index (χ1) is 23.2. The number of anilines is 1. The number of guanidine groups is 1. The Bertz CT molecular complexity index is 1550. The molecule has 1 saturated heterocycles. The van der Waals surface area contributed by atoms with Crippen molar-refractivity contribution in [1.82, 2.24) is 15.2 Å². The van der Waals surface area contributed by atoms with Gasteiger partial charge in [-0.05, 0) is 34.7 Å². The molecule has 4 atom stereocenters. The van der Waals surface area contributed by atoms with Crippen molar-refractivity contribution >= 4 is 47.2 Å². The van der Waals surface area contributed by atoms with E-state index in [0.717, 1.165) is 70.3 Å². The number of nitriles is 1. The molecule has 2 aromatic rings. The summed E-state index contributed by atoms with van der Waals surface area (Å²) in [5, 5.41) is 14.9. The Kier molecular flexibility index (Phi) is 16.0. The van der Waals surface area contributed by atoms with E-state index >= 15 is 0 Å². The second-order valence-electron chi connectivity index (χ2n) is 12.8. The van der Waals surface area contributed by atoms with Gasteiger partial charge in [0.05, 0.1) is 35.4 Å². The molecule has 0 radical (unpaired) electrons. The van der Waals surface area contributed by atoms with Crippen molar-refractivity contribution in [1.29, 1.82) is 5.26 Å². The Morgan fingerprint density at radius 2 is 1.88 bits per heavy atom. The highest BCUT2D eigenvalue weighted by Gasteiger charge is 2.38. The van der Waals surface area contributed by atoms with Gasteiger partial charge in [0.1, 0.15) is 17.1 Å². The molecule has 5 heterocycles. The van der Waals surface area contributed by atoms with E-state index in [4.69, 9.17) is 15.5 Å². The number of rotatable bonds is 7. The number of hydrogen-bond donors (Lipinski definition) is 2. The lowest BCUT2D eigenvalue weighted by Gasteiger charge is -2.33. The molecule has 2 aromatic heterocycles. The summed E-state index contributed by atoms with van der Waals surface area (Å²) in [7, 11) is 2.84. The Morgan fingerprint density at radius 3 is 2.48 bits per heavy atom. The Labute approximate surface area is 295 Å². The van der Waals surface area contributed by atoms with Crippen LogP contribution in [0.5, 0.6) is 0 Å². The SMILES string of the molecule is CC.CC1CCN(C2=NC3C(=CN2)C2=C(COC2)C(c2ncc(F)c4sc(N)c(C#N)c24)=C3P)C1.CCCC.CCCCCC(C)CC. The fourth-order valence-electron chi connectivity index (χ4n) is 6.08. The van der Waals surface area contributed by atoms with Gasteiger partial charge in [-0.2, -0.15) is 5.26 Å². The lowest BCUT2D eigenvalue weighted by molar-refractivity contribution is 0.207. The summed E-state index contributed by atoms with van der Waals surface area (Å²) in [5.74, 6) is 1.98. The maximum Gasteiger partial charge on any atom is 0.198 e. The first kappa shape index (κ1) is 39.6. The average molecular weight is 697 g/mol. The molecule has 10 heteroatoms. The minimum Gasteiger partial charge on any atom is -0.389 e. The van der Waals surface area contributed by atoms with Crippen LogP contribution in [-0.4, -0.2) is 48.2 Å². The number of nitrogen functional groups attached to an aromatic ring is 1. The zero-order chi connectivity index (χ0) is 35.4. The van der Waals surface area contributed by atoms with Gasteiger partial charge in [-0.1, -0.05) is 100 Å². The third-order valence-electron chi connectivity index (χ3n) is 9.26. The number of hydrogen-bond acceptors (Lipinski definition) is 8. The molecule has 0 spiro atoms. The van der Waals surface area contributed by atoms with Crippen LogP contribution in [0.1, 0.15) is 118 Å². The summed E-state index contributed by atoms with van der Waals surface area (Å²) < 4.78 is 20.8. The number of nitrogens with one attached hydrogen (secondary N) is 1. The molecule has 0 aromatic carbocycles. The largest absolute Gasteiger partial charge is 0.389 e. The molecule has 3 aliphatic heterocycles. The normalized spacial score (nSPS) is 20.1. The van der Waals surface area contributed by atoms with Crippen LogP contribution in [0.2, 0.25) is 0 Å². The van der Waals surface area contributed by atoms with Crippen LogP contribution in [0.15, 0.2) is 39.4 Å². The highest BCUT2D eigenvalue weighted by Crippen LogP contribution is 2.49. The van der Waals surface area contributed by atoms with Gasteiger partial charge in [0.25, 0.3) is 0 Å². The summed E-state index contributed by atoms with van der Waals surface area (Å²) >= 11 is 1.08. The molecule has 7 nitrogen and oxygen atoms in total. The average Bonchev–Trinajstić information content (AvgIpc) is 3.85. The van der Waals surface area contributed by atoms with Gasteiger partial charge in [0.2, 0.25) is 0 Å². The van der Waals surface area contributed by atoms with Crippen LogP contribution in [-0.2, 0) is 4.74 Å². The number of likely N-dealkylation sites (tertiary alicyclic amines) is 1. The van der Waals surface area contributed by atoms with Crippen molar-refractivity contribution in [2.75, 3.05) is 32.0 Å². The zero-order valence-corrected chi connectivity index (χ0v) is 32.5. The number of ether oxygens (including phenoxy) is 1. The van der Waals surface area contributed by atoms with Crippen molar-refractivity contribution in [3.63, 3.8) is 0 Å². The summed E-state index contributed by atoms with van der Waals surface area (Å²) in [6, 6.07) is 1.93. The third kappa shape index (κ3) is 9.05. The minimum absolute atomic E-state index is 0.221. The van der Waals surface area contributed by atoms with Gasteiger partial charge in [-0.3, -0.25) is 4.98 Å². The Balaban J connectivity index is 0.000000354. The number of pyridine rings is 1. The minimum atomic E-state index is -0.476. The molecule has 1 fully saturated rings. The Hall–Kier alpha value is -2.79. The van der Waals surface area contributed by atoms with Crippen LogP contribution >= 0.6 is 20.6 Å². The number of thiophene rings is 1. The van der Waals surface area contributed by atoms with Crippen LogP contribution in [0.3, 0.4) is 0 Å². The predicted octanol–water partition coefficient (Wildman–Crippen LogP) is 9.81. The second kappa shape index (κ2) is 19.4. The van der Waals surface area contributed by atoms with Gasteiger partial charge in [-0.25, -0.2) is 9.38 Å². The first-order valence-corrected chi connectivity index (χ1v) is 19.5. The topological polar surface area (TPSA) is 99.6 Å². The van der Waals surface area contributed by atoms with Crippen molar-refractivity contribution in [2.24, 2.45) is 16.8 Å². The summed E-state index contributed by atoms with van der Waals surface area (Å²) in [4.78, 5) is 11.8. The van der Waals surface area contributed by atoms with E-state index in [1.165, 1.54) is 51.1 Å². The smallest absolute Gasteiger partial charge is 0.198 e. The van der Waals surface area contributed by atoms with E-state index in [1.54, 1.807) is 0 Å². The fourth-order valence-corrected chi connectivity index (χ4v) is 7.56. The molecule has 6 rings (SSSR count). The van der Waals surface area contributed by atoms with Crippen LogP contribution in [0.4, 0.5) is 9.39 Å². The van der Waals surface area contributed by atoms with E-state index in [9.17, 15) is 9.65 Å². The van der Waals surface area contributed by atoms with E-state index < -0.39 is 5.82 Å². The van der Waals surface area contributed by atoms with Gasteiger partial charge in [-0.15, -0.1) is 20.6 Å². The molecular weight excluding hydrogens is 638 g/mol. The molecule has 48 heavy (non-hydrogen) atoms. The number of aromatic nitrogens is 1. The summed E-state index contributed by atoms with van der Waals surface area (Å²) in [5.41, 5.74) is 10.9. The van der Waals surface area contributed by atoms with Gasteiger partial charge in [0.15, 0.2) is 11.8 Å². The molecule has 4 aliphatic rings. The van der Waals surface area contributed by atoms with Crippen LogP contribution in [0, 0.1) is 29.0 Å². The standard InChI is InChI=1S/C23H22FN6OPS.C9H20.C4H10.C2H6/c1-10-2-3-30(7-10)23-28-5-12-13-8-31-9-14(13)16(20(32)18(12)29-23)19-17-11(4-25)22(26)33-21(17)15(24)6-27-19;1-4-6-7-8-9(3)5-2;1-3-4-2;1-2/h5-6,10,18H,2-3,7-9,26,32H2,1H3,(H,28,29);9H,4-8H2,1-3H3;3-4H2,1-2H3;1-2H3. The number of halogens is 1. The van der Waals surface area contributed by atoms with Crippen LogP contribution < -0.4 is 11.1 Å². The fraction of sp³-hybridized carbons (Fsp3) is 0.605. The number of nitrogens with two attached hydrogens (primary N) is 1. The van der Waals surface area contributed by atoms with Crippen molar-refractivity contribution in [2.45, 2.75) is 113 Å². The maximum absolute atomic E-state index is 14.6. The van der Waals surface area contributed by atoms with Gasteiger partial charge >= 0.3 is 0 Å². The van der Waals surface area contributed by atoms with Crippen molar-refractivity contribution in [3.8, 4) is 6.07 Å². The zero-order valence-electron chi connectivity index (χ0n) is 30.5. The number of aliphatic imine (C=N–C) groups is 1. The summed E-state index contributed by atoms with van der Waals surface area (Å²) in [6.45, 7) is 20.3. The number of unbranched alkanes of at least 4 members (excludes halogenated alkanes) is 3. The monoisotopic (exact) mass is 696 g/mol. The van der Waals surface area contributed by atoms with E-state index in [-0.39, 0.29) is 11.6 Å². The van der Waals surface area contributed by atoms with E-state index in [1.807, 2.05) is 20.0 Å². The predicted molar refractivity (Wildman–Crippen MR) is 207 cm³/mol. The highest BCUT2D eigenvalue weighted by molar-refractivity contribution is 7.23. The van der Waals surface area contributed by atoms with Crippen LogP contribution in [0.25, 0.3) is 15.7 Å². The van der Waals surface area contributed by atoms with Crippen molar-refractivity contribution < 1.29 is 9.13 Å². The second-order valence-corrected chi connectivity index (χ2v) is 14.5. The number of fused-ring (bicyclic) bond motifs is 3. The van der Waals surface area contributed by atoms with E-state index in [2.05, 4.69) is 72.1 Å². The molecule has 0 saturated carbocycles. The maximum atomic E-state index is 14.6. The first-order valence-electron chi connectivity index (χ1n) is 18.1. The highest BCUT2D eigenvalue weighted by atomic mass is 32.1.